The molecule has 3 heterocycles. The maximum Gasteiger partial charge on any atom is 0.573 e. The molecule has 15 heteroatoms. The van der Waals surface area contributed by atoms with Gasteiger partial charge in [-0.05, 0) is 57.9 Å². The third-order valence-corrected chi connectivity index (χ3v) is 8.55. The molecule has 1 aromatic carbocycles. The van der Waals surface area contributed by atoms with Crippen molar-refractivity contribution in [1.29, 1.82) is 0 Å². The summed E-state index contributed by atoms with van der Waals surface area (Å²) in [5.41, 5.74) is 7.10. The number of nitrogens with two attached hydrogens (primary N) is 1. The van der Waals surface area contributed by atoms with E-state index in [4.69, 9.17) is 10.7 Å². The van der Waals surface area contributed by atoms with Gasteiger partial charge in [0.15, 0.2) is 5.82 Å². The van der Waals surface area contributed by atoms with Crippen molar-refractivity contribution in [2.45, 2.75) is 70.4 Å². The van der Waals surface area contributed by atoms with E-state index in [1.165, 1.54) is 35.6 Å². The molecule has 0 saturated heterocycles. The standard InChI is InChI=1S/C28H32F3N7O4S/c1-12(14-5-7-15(8-6-14)42-28(29,30)31)34-26-35-13(2)19(25-37-20-18(43-25)9-10-33-23(20)32)24(38-26)36-17-11-16(27(3,4)41)21(39)22(17)40/h5-10,12,16-17,21-22,39-41H,11H2,1-4H3,(H2,32,33)(H2,34,35,36,38)/t12-,16+,17-,21-,22+/m1/s1. The number of nitrogens with zero attached hydrogens (tertiary/aromatic N) is 4. The SMILES string of the molecule is Cc1nc(N[C@H](C)c2ccc(OC(F)(F)F)cc2)nc(N[C@@H]2C[C@H](C(C)(C)O)[C@@H](O)[C@H]2O)c1-c1nc2c(N)nccc2s1. The van der Waals surface area contributed by atoms with Crippen molar-refractivity contribution < 1.29 is 33.2 Å². The van der Waals surface area contributed by atoms with Crippen LogP contribution in [0.4, 0.5) is 30.8 Å². The average Bonchev–Trinajstić information content (AvgIpc) is 3.45. The van der Waals surface area contributed by atoms with Gasteiger partial charge in [0, 0.05) is 12.1 Å². The number of alkyl halides is 3. The minimum atomic E-state index is -4.79. The van der Waals surface area contributed by atoms with E-state index < -0.39 is 42.2 Å². The lowest BCUT2D eigenvalue weighted by Gasteiger charge is -2.28. The second-order valence-corrected chi connectivity index (χ2v) is 12.2. The summed E-state index contributed by atoms with van der Waals surface area (Å²) in [6.07, 6.45) is -5.30. The van der Waals surface area contributed by atoms with Crippen molar-refractivity contribution in [3.05, 3.63) is 47.8 Å². The fourth-order valence-electron chi connectivity index (χ4n) is 5.27. The van der Waals surface area contributed by atoms with Crippen molar-refractivity contribution in [3.8, 4) is 16.3 Å². The fraction of sp³-hybridized carbons (Fsp3) is 0.429. The van der Waals surface area contributed by atoms with E-state index in [1.54, 1.807) is 40.0 Å². The second-order valence-electron chi connectivity index (χ2n) is 11.1. The number of thiazole rings is 1. The highest BCUT2D eigenvalue weighted by molar-refractivity contribution is 7.21. The lowest BCUT2D eigenvalue weighted by atomic mass is 9.88. The Labute approximate surface area is 249 Å². The predicted octanol–water partition coefficient (Wildman–Crippen LogP) is 4.40. The van der Waals surface area contributed by atoms with Crippen LogP contribution in [-0.2, 0) is 0 Å². The number of pyridine rings is 1. The maximum atomic E-state index is 12.6. The Morgan fingerprint density at radius 1 is 1.07 bits per heavy atom. The number of rotatable bonds is 8. The van der Waals surface area contributed by atoms with Crippen molar-refractivity contribution >= 4 is 39.1 Å². The van der Waals surface area contributed by atoms with Crippen LogP contribution in [0.3, 0.4) is 0 Å². The quantitative estimate of drug-likeness (QED) is 0.165. The summed E-state index contributed by atoms with van der Waals surface area (Å²) < 4.78 is 42.4. The number of hydrogen-bond donors (Lipinski definition) is 6. The van der Waals surface area contributed by atoms with Crippen LogP contribution in [-0.4, -0.2) is 65.5 Å². The fourth-order valence-corrected chi connectivity index (χ4v) is 6.34. The van der Waals surface area contributed by atoms with Gasteiger partial charge < -0.3 is 36.4 Å². The Bertz CT molecular complexity index is 1610. The van der Waals surface area contributed by atoms with Crippen LogP contribution >= 0.6 is 11.3 Å². The molecule has 7 N–H and O–H groups in total. The minimum Gasteiger partial charge on any atom is -0.406 e. The zero-order valence-electron chi connectivity index (χ0n) is 23.7. The number of ether oxygens (including phenoxy) is 1. The van der Waals surface area contributed by atoms with Gasteiger partial charge in [-0.2, -0.15) is 4.98 Å². The molecule has 1 aliphatic carbocycles. The number of nitrogens with one attached hydrogen (secondary N) is 2. The topological polar surface area (TPSA) is 172 Å². The second kappa shape index (κ2) is 11.4. The highest BCUT2D eigenvalue weighted by Crippen LogP contribution is 2.41. The van der Waals surface area contributed by atoms with Gasteiger partial charge in [0.05, 0.1) is 39.7 Å². The number of benzene rings is 1. The number of fused-ring (bicyclic) bond motifs is 1. The molecule has 43 heavy (non-hydrogen) atoms. The Morgan fingerprint density at radius 2 is 1.77 bits per heavy atom. The monoisotopic (exact) mass is 619 g/mol. The molecule has 0 amide bonds. The van der Waals surface area contributed by atoms with Crippen molar-refractivity contribution in [1.82, 2.24) is 19.9 Å². The number of aliphatic hydroxyl groups is 3. The van der Waals surface area contributed by atoms with E-state index in [9.17, 15) is 28.5 Å². The zero-order valence-corrected chi connectivity index (χ0v) is 24.5. The highest BCUT2D eigenvalue weighted by Gasteiger charge is 2.48. The van der Waals surface area contributed by atoms with Gasteiger partial charge >= 0.3 is 6.36 Å². The smallest absolute Gasteiger partial charge is 0.406 e. The van der Waals surface area contributed by atoms with Crippen LogP contribution in [0.1, 0.15) is 44.5 Å². The number of aryl methyl sites for hydroxylation is 1. The lowest BCUT2D eigenvalue weighted by molar-refractivity contribution is -0.274. The average molecular weight is 620 g/mol. The first-order valence-corrected chi connectivity index (χ1v) is 14.3. The minimum absolute atomic E-state index is 0.209. The first-order chi connectivity index (χ1) is 20.1. The molecule has 4 aromatic rings. The predicted molar refractivity (Wildman–Crippen MR) is 157 cm³/mol. The molecule has 0 radical (unpaired) electrons. The molecule has 0 spiro atoms. The van der Waals surface area contributed by atoms with Crippen molar-refractivity contribution in [2.24, 2.45) is 5.92 Å². The molecule has 11 nitrogen and oxygen atoms in total. The van der Waals surface area contributed by atoms with Gasteiger partial charge in [-0.3, -0.25) is 0 Å². The van der Waals surface area contributed by atoms with E-state index in [0.717, 1.165) is 4.70 Å². The molecule has 5 atom stereocenters. The molecule has 1 aliphatic rings. The van der Waals surface area contributed by atoms with E-state index in [2.05, 4.69) is 30.3 Å². The normalized spacial score (nSPS) is 21.6. The van der Waals surface area contributed by atoms with Gasteiger partial charge in [-0.25, -0.2) is 15.0 Å². The molecular formula is C28H32F3N7O4S. The van der Waals surface area contributed by atoms with Gasteiger partial charge in [0.2, 0.25) is 5.95 Å². The molecule has 1 fully saturated rings. The molecule has 3 aromatic heterocycles. The Kier molecular flexibility index (Phi) is 8.11. The molecule has 230 valence electrons. The van der Waals surface area contributed by atoms with Gasteiger partial charge in [0.25, 0.3) is 0 Å². The number of hydrogen-bond acceptors (Lipinski definition) is 12. The van der Waals surface area contributed by atoms with E-state index in [0.29, 0.717) is 33.2 Å². The first-order valence-electron chi connectivity index (χ1n) is 13.5. The Morgan fingerprint density at radius 3 is 2.37 bits per heavy atom. The summed E-state index contributed by atoms with van der Waals surface area (Å²) in [7, 11) is 0. The largest absolute Gasteiger partial charge is 0.573 e. The van der Waals surface area contributed by atoms with Gasteiger partial charge in [0.1, 0.15) is 28.2 Å². The third kappa shape index (κ3) is 6.59. The summed E-state index contributed by atoms with van der Waals surface area (Å²) in [6, 6.07) is 6.18. The Hall–Kier alpha value is -3.79. The van der Waals surface area contributed by atoms with Crippen LogP contribution in [0.25, 0.3) is 20.8 Å². The van der Waals surface area contributed by atoms with Crippen LogP contribution in [0.2, 0.25) is 0 Å². The zero-order chi connectivity index (χ0) is 31.3. The van der Waals surface area contributed by atoms with Crippen LogP contribution in [0.15, 0.2) is 36.5 Å². The molecule has 1 saturated carbocycles. The molecule has 0 bridgehead atoms. The van der Waals surface area contributed by atoms with Gasteiger partial charge in [-0.1, -0.05) is 12.1 Å². The number of nitrogen functional groups attached to an aromatic ring is 1. The molecular weight excluding hydrogens is 587 g/mol. The summed E-state index contributed by atoms with van der Waals surface area (Å²) >= 11 is 1.36. The highest BCUT2D eigenvalue weighted by atomic mass is 32.1. The van der Waals surface area contributed by atoms with Crippen molar-refractivity contribution in [3.63, 3.8) is 0 Å². The van der Waals surface area contributed by atoms with E-state index in [-0.39, 0.29) is 23.9 Å². The molecule has 0 aliphatic heterocycles. The summed E-state index contributed by atoms with van der Waals surface area (Å²) in [6.45, 7) is 6.74. The number of anilines is 3. The number of halogens is 3. The van der Waals surface area contributed by atoms with Crippen LogP contribution in [0.5, 0.6) is 5.75 Å². The van der Waals surface area contributed by atoms with Gasteiger partial charge in [-0.15, -0.1) is 24.5 Å². The van der Waals surface area contributed by atoms with Crippen molar-refractivity contribution in [2.75, 3.05) is 16.4 Å². The van der Waals surface area contributed by atoms with Crippen LogP contribution in [0, 0.1) is 12.8 Å². The van der Waals surface area contributed by atoms with E-state index >= 15 is 0 Å². The molecule has 5 rings (SSSR count). The summed E-state index contributed by atoms with van der Waals surface area (Å²) in [5, 5.41) is 39.1. The maximum absolute atomic E-state index is 12.6. The summed E-state index contributed by atoms with van der Waals surface area (Å²) in [4.78, 5) is 18.1. The number of aliphatic hydroxyl groups excluding tert-OH is 2. The third-order valence-electron chi connectivity index (χ3n) is 7.51. The molecule has 0 unspecified atom stereocenters. The lowest BCUT2D eigenvalue weighted by Crippen LogP contribution is -2.40. The number of aromatic nitrogens is 4. The Balaban J connectivity index is 1.49. The summed E-state index contributed by atoms with van der Waals surface area (Å²) in [5.74, 6) is -0.119. The van der Waals surface area contributed by atoms with Crippen LogP contribution < -0.4 is 21.1 Å². The van der Waals surface area contributed by atoms with E-state index in [1.807, 2.05) is 0 Å². The first kappa shape index (κ1) is 30.7.